The van der Waals surface area contributed by atoms with Crippen LogP contribution >= 0.6 is 0 Å². The summed E-state index contributed by atoms with van der Waals surface area (Å²) >= 11 is 0. The number of anilines is 1. The Hall–Kier alpha value is -1.09. The van der Waals surface area contributed by atoms with Gasteiger partial charge in [-0.2, -0.15) is 0 Å². The van der Waals surface area contributed by atoms with E-state index in [4.69, 9.17) is 11.5 Å². The summed E-state index contributed by atoms with van der Waals surface area (Å²) in [5, 5.41) is 0. The maximum absolute atomic E-state index is 13.1. The van der Waals surface area contributed by atoms with Gasteiger partial charge in [-0.25, -0.2) is 4.39 Å². The van der Waals surface area contributed by atoms with Crippen LogP contribution in [0.4, 0.5) is 10.1 Å². The topological polar surface area (TPSA) is 52.0 Å². The van der Waals surface area contributed by atoms with Gasteiger partial charge in [-0.15, -0.1) is 0 Å². The van der Waals surface area contributed by atoms with Gasteiger partial charge in [-0.3, -0.25) is 0 Å². The van der Waals surface area contributed by atoms with Crippen LogP contribution in [-0.2, 0) is 5.41 Å². The molecular formula is C11H15FN2. The SMILES string of the molecule is CC(N)C1(c2cc(F)ccc2N)CC1. The maximum atomic E-state index is 13.1. The Bertz CT molecular complexity index is 356. The third kappa shape index (κ3) is 1.28. The molecule has 3 heteroatoms. The van der Waals surface area contributed by atoms with Gasteiger partial charge in [0.15, 0.2) is 0 Å². The monoisotopic (exact) mass is 194 g/mol. The summed E-state index contributed by atoms with van der Waals surface area (Å²) in [6.45, 7) is 1.96. The molecular weight excluding hydrogens is 179 g/mol. The lowest BCUT2D eigenvalue weighted by Gasteiger charge is -2.21. The lowest BCUT2D eigenvalue weighted by atomic mass is 9.88. The van der Waals surface area contributed by atoms with E-state index in [0.717, 1.165) is 18.4 Å². The molecule has 1 saturated carbocycles. The number of halogens is 1. The molecule has 76 valence electrons. The number of rotatable bonds is 2. The van der Waals surface area contributed by atoms with Gasteiger partial charge < -0.3 is 11.5 Å². The molecule has 1 atom stereocenters. The zero-order chi connectivity index (χ0) is 10.3. The Kier molecular flexibility index (Phi) is 2.00. The van der Waals surface area contributed by atoms with Gasteiger partial charge in [-0.05, 0) is 43.5 Å². The summed E-state index contributed by atoms with van der Waals surface area (Å²) in [4.78, 5) is 0. The second-order valence-electron chi connectivity index (χ2n) is 4.18. The minimum absolute atomic E-state index is 0.0339. The molecule has 0 bridgehead atoms. The van der Waals surface area contributed by atoms with Gasteiger partial charge >= 0.3 is 0 Å². The van der Waals surface area contributed by atoms with Gasteiger partial charge in [0.1, 0.15) is 5.82 Å². The summed E-state index contributed by atoms with van der Waals surface area (Å²) in [5.74, 6) is -0.235. The van der Waals surface area contributed by atoms with Gasteiger partial charge in [-0.1, -0.05) is 0 Å². The fraction of sp³-hybridized carbons (Fsp3) is 0.455. The first-order valence-electron chi connectivity index (χ1n) is 4.87. The molecule has 1 fully saturated rings. The smallest absolute Gasteiger partial charge is 0.123 e. The van der Waals surface area contributed by atoms with E-state index in [1.165, 1.54) is 12.1 Å². The zero-order valence-corrected chi connectivity index (χ0v) is 8.26. The first kappa shape index (κ1) is 9.46. The summed E-state index contributed by atoms with van der Waals surface area (Å²) in [6, 6.07) is 4.56. The van der Waals surface area contributed by atoms with E-state index in [-0.39, 0.29) is 17.3 Å². The van der Waals surface area contributed by atoms with Gasteiger partial charge in [0.05, 0.1) is 0 Å². The van der Waals surface area contributed by atoms with Crippen LogP contribution < -0.4 is 11.5 Å². The van der Waals surface area contributed by atoms with E-state index in [1.807, 2.05) is 6.92 Å². The lowest BCUT2D eigenvalue weighted by molar-refractivity contribution is 0.550. The summed E-state index contributed by atoms with van der Waals surface area (Å²) in [7, 11) is 0. The maximum Gasteiger partial charge on any atom is 0.123 e. The quantitative estimate of drug-likeness (QED) is 0.705. The van der Waals surface area contributed by atoms with Crippen LogP contribution in [0.3, 0.4) is 0 Å². The molecule has 4 N–H and O–H groups in total. The van der Waals surface area contributed by atoms with Crippen molar-refractivity contribution in [2.75, 3.05) is 5.73 Å². The second-order valence-corrected chi connectivity index (χ2v) is 4.18. The highest BCUT2D eigenvalue weighted by Gasteiger charge is 2.48. The molecule has 1 aliphatic carbocycles. The van der Waals surface area contributed by atoms with E-state index < -0.39 is 0 Å². The molecule has 0 radical (unpaired) electrons. The Balaban J connectivity index is 2.46. The molecule has 0 spiro atoms. The molecule has 0 aliphatic heterocycles. The predicted octanol–water partition coefficient (Wildman–Crippen LogP) is 1.79. The van der Waals surface area contributed by atoms with Gasteiger partial charge in [0.2, 0.25) is 0 Å². The molecule has 1 aromatic carbocycles. The number of hydrogen-bond donors (Lipinski definition) is 2. The van der Waals surface area contributed by atoms with Crippen LogP contribution in [0.15, 0.2) is 18.2 Å². The third-order valence-electron chi connectivity index (χ3n) is 3.21. The summed E-state index contributed by atoms with van der Waals surface area (Å²) in [6.07, 6.45) is 2.02. The fourth-order valence-electron chi connectivity index (χ4n) is 2.06. The normalized spacial score (nSPS) is 20.5. The molecule has 0 heterocycles. The van der Waals surface area contributed by atoms with Crippen molar-refractivity contribution < 1.29 is 4.39 Å². The number of nitrogens with two attached hydrogens (primary N) is 2. The van der Waals surface area contributed by atoms with Crippen LogP contribution in [0.5, 0.6) is 0 Å². The largest absolute Gasteiger partial charge is 0.398 e. The van der Waals surface area contributed by atoms with Gasteiger partial charge in [0, 0.05) is 17.1 Å². The molecule has 2 nitrogen and oxygen atoms in total. The summed E-state index contributed by atoms with van der Waals surface area (Å²) < 4.78 is 13.1. The van der Waals surface area contributed by atoms with E-state index >= 15 is 0 Å². The Morgan fingerprint density at radius 2 is 2.07 bits per heavy atom. The molecule has 0 amide bonds. The van der Waals surface area contributed by atoms with Gasteiger partial charge in [0.25, 0.3) is 0 Å². The Morgan fingerprint density at radius 3 is 2.57 bits per heavy atom. The first-order chi connectivity index (χ1) is 6.56. The molecule has 2 rings (SSSR count). The number of nitrogen functional groups attached to an aromatic ring is 1. The highest BCUT2D eigenvalue weighted by molar-refractivity contribution is 5.54. The number of hydrogen-bond acceptors (Lipinski definition) is 2. The van der Waals surface area contributed by atoms with Crippen molar-refractivity contribution in [3.8, 4) is 0 Å². The van der Waals surface area contributed by atoms with E-state index in [1.54, 1.807) is 6.07 Å². The molecule has 0 saturated heterocycles. The average Bonchev–Trinajstić information content (AvgIpc) is 2.90. The number of benzene rings is 1. The van der Waals surface area contributed by atoms with Crippen LogP contribution in [0.25, 0.3) is 0 Å². The van der Waals surface area contributed by atoms with Crippen LogP contribution in [-0.4, -0.2) is 6.04 Å². The van der Waals surface area contributed by atoms with Crippen molar-refractivity contribution in [1.29, 1.82) is 0 Å². The van der Waals surface area contributed by atoms with E-state index in [2.05, 4.69) is 0 Å². The standard InChI is InChI=1S/C11H15FN2/c1-7(13)11(4-5-11)9-6-8(12)2-3-10(9)14/h2-3,6-7H,4-5,13-14H2,1H3. The van der Waals surface area contributed by atoms with Crippen LogP contribution in [0.1, 0.15) is 25.3 Å². The Morgan fingerprint density at radius 1 is 1.43 bits per heavy atom. The highest BCUT2D eigenvalue weighted by atomic mass is 19.1. The predicted molar refractivity (Wildman–Crippen MR) is 55.4 cm³/mol. The molecule has 0 aromatic heterocycles. The third-order valence-corrected chi connectivity index (χ3v) is 3.21. The second kappa shape index (κ2) is 2.95. The highest BCUT2D eigenvalue weighted by Crippen LogP contribution is 2.52. The first-order valence-corrected chi connectivity index (χ1v) is 4.87. The molecule has 1 aliphatic rings. The van der Waals surface area contributed by atoms with E-state index in [0.29, 0.717) is 5.69 Å². The van der Waals surface area contributed by atoms with Crippen molar-refractivity contribution >= 4 is 5.69 Å². The van der Waals surface area contributed by atoms with Crippen LogP contribution in [0.2, 0.25) is 0 Å². The van der Waals surface area contributed by atoms with Crippen molar-refractivity contribution in [2.45, 2.75) is 31.2 Å². The van der Waals surface area contributed by atoms with Crippen molar-refractivity contribution in [2.24, 2.45) is 5.73 Å². The molecule has 14 heavy (non-hydrogen) atoms. The lowest BCUT2D eigenvalue weighted by Crippen LogP contribution is -2.32. The average molecular weight is 194 g/mol. The van der Waals surface area contributed by atoms with Crippen molar-refractivity contribution in [3.63, 3.8) is 0 Å². The zero-order valence-electron chi connectivity index (χ0n) is 8.26. The minimum Gasteiger partial charge on any atom is -0.398 e. The van der Waals surface area contributed by atoms with E-state index in [9.17, 15) is 4.39 Å². The summed E-state index contributed by atoms with van der Waals surface area (Å²) in [5.41, 5.74) is 13.2. The van der Waals surface area contributed by atoms with Crippen molar-refractivity contribution in [3.05, 3.63) is 29.6 Å². The Labute approximate surface area is 83.1 Å². The van der Waals surface area contributed by atoms with Crippen molar-refractivity contribution in [1.82, 2.24) is 0 Å². The molecule has 1 unspecified atom stereocenters. The van der Waals surface area contributed by atoms with Crippen LogP contribution in [0, 0.1) is 5.82 Å². The molecule has 1 aromatic rings. The fourth-order valence-corrected chi connectivity index (χ4v) is 2.06. The minimum atomic E-state index is -0.235.